The Labute approximate surface area is 97.9 Å². The summed E-state index contributed by atoms with van der Waals surface area (Å²) in [7, 11) is 0. The molecule has 0 aliphatic heterocycles. The molecule has 0 aromatic heterocycles. The van der Waals surface area contributed by atoms with E-state index in [1.54, 1.807) is 0 Å². The van der Waals surface area contributed by atoms with E-state index in [1.807, 2.05) is 12.1 Å². The van der Waals surface area contributed by atoms with E-state index in [2.05, 4.69) is 26.0 Å². The van der Waals surface area contributed by atoms with Crippen LogP contribution in [0.15, 0.2) is 24.3 Å². The summed E-state index contributed by atoms with van der Waals surface area (Å²) >= 11 is 0. The van der Waals surface area contributed by atoms with Gasteiger partial charge in [0.25, 0.3) is 0 Å². The standard InChI is InChI=1S/C14H22O2/c1-3-8-14(10-15,11-16)9-13-7-5-4-6-12(13)2/h4-7,15-16H,3,8-11H2,1-2H3. The summed E-state index contributed by atoms with van der Waals surface area (Å²) < 4.78 is 0. The first-order valence-electron chi connectivity index (χ1n) is 5.93. The van der Waals surface area contributed by atoms with Crippen LogP contribution in [0.3, 0.4) is 0 Å². The topological polar surface area (TPSA) is 40.5 Å². The average molecular weight is 222 g/mol. The monoisotopic (exact) mass is 222 g/mol. The minimum atomic E-state index is -0.360. The van der Waals surface area contributed by atoms with Crippen molar-refractivity contribution in [2.75, 3.05) is 13.2 Å². The van der Waals surface area contributed by atoms with Crippen LogP contribution < -0.4 is 0 Å². The molecule has 0 atom stereocenters. The molecule has 0 aliphatic rings. The summed E-state index contributed by atoms with van der Waals surface area (Å²) in [6.07, 6.45) is 2.59. The Morgan fingerprint density at radius 1 is 1.12 bits per heavy atom. The molecule has 1 aromatic rings. The molecule has 2 nitrogen and oxygen atoms in total. The number of aliphatic hydroxyl groups excluding tert-OH is 2. The minimum Gasteiger partial charge on any atom is -0.396 e. The highest BCUT2D eigenvalue weighted by molar-refractivity contribution is 5.26. The average Bonchev–Trinajstić information content (AvgIpc) is 2.31. The van der Waals surface area contributed by atoms with Gasteiger partial charge in [0, 0.05) is 5.41 Å². The Morgan fingerprint density at radius 3 is 2.25 bits per heavy atom. The SMILES string of the molecule is CCCC(CO)(CO)Cc1ccccc1C. The highest BCUT2D eigenvalue weighted by atomic mass is 16.3. The van der Waals surface area contributed by atoms with Crippen molar-refractivity contribution >= 4 is 0 Å². The molecule has 90 valence electrons. The van der Waals surface area contributed by atoms with E-state index in [9.17, 15) is 10.2 Å². The Hall–Kier alpha value is -0.860. The van der Waals surface area contributed by atoms with Crippen LogP contribution in [-0.4, -0.2) is 23.4 Å². The predicted octanol–water partition coefficient (Wildman–Crippen LogP) is 2.31. The van der Waals surface area contributed by atoms with Crippen LogP contribution in [0, 0.1) is 12.3 Å². The quantitative estimate of drug-likeness (QED) is 0.775. The zero-order valence-electron chi connectivity index (χ0n) is 10.2. The molecular weight excluding hydrogens is 200 g/mol. The maximum atomic E-state index is 9.50. The van der Waals surface area contributed by atoms with Gasteiger partial charge in [0.1, 0.15) is 0 Å². The first-order chi connectivity index (χ1) is 7.67. The van der Waals surface area contributed by atoms with Crippen LogP contribution >= 0.6 is 0 Å². The lowest BCUT2D eigenvalue weighted by Gasteiger charge is -2.30. The molecule has 0 spiro atoms. The third-order valence-corrected chi connectivity index (χ3v) is 3.28. The van der Waals surface area contributed by atoms with Crippen LogP contribution in [0.4, 0.5) is 0 Å². The third kappa shape index (κ3) is 3.06. The van der Waals surface area contributed by atoms with Crippen LogP contribution in [0.2, 0.25) is 0 Å². The van der Waals surface area contributed by atoms with Crippen LogP contribution in [0.1, 0.15) is 30.9 Å². The van der Waals surface area contributed by atoms with Gasteiger partial charge in [-0.3, -0.25) is 0 Å². The van der Waals surface area contributed by atoms with Crippen molar-refractivity contribution in [3.05, 3.63) is 35.4 Å². The van der Waals surface area contributed by atoms with E-state index in [1.165, 1.54) is 11.1 Å². The highest BCUT2D eigenvalue weighted by Gasteiger charge is 2.28. The second kappa shape index (κ2) is 6.02. The van der Waals surface area contributed by atoms with E-state index in [4.69, 9.17) is 0 Å². The zero-order valence-corrected chi connectivity index (χ0v) is 10.2. The van der Waals surface area contributed by atoms with Gasteiger partial charge in [-0.25, -0.2) is 0 Å². The molecule has 16 heavy (non-hydrogen) atoms. The molecule has 0 radical (unpaired) electrons. The van der Waals surface area contributed by atoms with Gasteiger partial charge in [-0.2, -0.15) is 0 Å². The Morgan fingerprint density at radius 2 is 1.75 bits per heavy atom. The van der Waals surface area contributed by atoms with E-state index in [-0.39, 0.29) is 18.6 Å². The van der Waals surface area contributed by atoms with Crippen molar-refractivity contribution in [3.8, 4) is 0 Å². The Bertz CT molecular complexity index is 316. The fourth-order valence-corrected chi connectivity index (χ4v) is 2.15. The molecular formula is C14H22O2. The predicted molar refractivity (Wildman–Crippen MR) is 66.4 cm³/mol. The maximum absolute atomic E-state index is 9.50. The number of hydrogen-bond acceptors (Lipinski definition) is 2. The highest BCUT2D eigenvalue weighted by Crippen LogP contribution is 2.29. The number of aliphatic hydroxyl groups is 2. The van der Waals surface area contributed by atoms with Crippen LogP contribution in [-0.2, 0) is 6.42 Å². The molecule has 1 rings (SSSR count). The van der Waals surface area contributed by atoms with Gasteiger partial charge in [-0.05, 0) is 30.9 Å². The summed E-state index contributed by atoms with van der Waals surface area (Å²) in [5, 5.41) is 19.0. The molecule has 0 amide bonds. The summed E-state index contributed by atoms with van der Waals surface area (Å²) in [6.45, 7) is 4.25. The number of aryl methyl sites for hydroxylation is 1. The van der Waals surface area contributed by atoms with Crippen molar-refractivity contribution in [2.24, 2.45) is 5.41 Å². The van der Waals surface area contributed by atoms with Gasteiger partial charge in [-0.1, -0.05) is 37.6 Å². The summed E-state index contributed by atoms with van der Waals surface area (Å²) in [4.78, 5) is 0. The molecule has 2 heteroatoms. The Balaban J connectivity index is 2.87. The van der Waals surface area contributed by atoms with Crippen molar-refractivity contribution in [1.82, 2.24) is 0 Å². The number of benzene rings is 1. The summed E-state index contributed by atoms with van der Waals surface area (Å²) in [5.41, 5.74) is 2.09. The van der Waals surface area contributed by atoms with Crippen molar-refractivity contribution in [3.63, 3.8) is 0 Å². The van der Waals surface area contributed by atoms with Gasteiger partial charge >= 0.3 is 0 Å². The molecule has 0 saturated carbocycles. The lowest BCUT2D eigenvalue weighted by molar-refractivity contribution is 0.0465. The fraction of sp³-hybridized carbons (Fsp3) is 0.571. The van der Waals surface area contributed by atoms with Crippen molar-refractivity contribution in [2.45, 2.75) is 33.1 Å². The van der Waals surface area contributed by atoms with Gasteiger partial charge in [0.2, 0.25) is 0 Å². The molecule has 0 unspecified atom stereocenters. The van der Waals surface area contributed by atoms with E-state index < -0.39 is 0 Å². The largest absolute Gasteiger partial charge is 0.396 e. The normalized spacial score (nSPS) is 11.8. The van der Waals surface area contributed by atoms with Crippen molar-refractivity contribution < 1.29 is 10.2 Å². The first-order valence-corrected chi connectivity index (χ1v) is 5.93. The molecule has 0 aliphatic carbocycles. The maximum Gasteiger partial charge on any atom is 0.0512 e. The molecule has 0 bridgehead atoms. The molecule has 0 saturated heterocycles. The van der Waals surface area contributed by atoms with Crippen molar-refractivity contribution in [1.29, 1.82) is 0 Å². The minimum absolute atomic E-state index is 0.0473. The third-order valence-electron chi connectivity index (χ3n) is 3.28. The number of rotatable bonds is 6. The van der Waals surface area contributed by atoms with Gasteiger partial charge in [0.15, 0.2) is 0 Å². The second-order valence-corrected chi connectivity index (χ2v) is 4.67. The van der Waals surface area contributed by atoms with Gasteiger partial charge in [-0.15, -0.1) is 0 Å². The first kappa shape index (κ1) is 13.2. The van der Waals surface area contributed by atoms with Crippen LogP contribution in [0.25, 0.3) is 0 Å². The molecule has 2 N–H and O–H groups in total. The molecule has 0 fully saturated rings. The van der Waals surface area contributed by atoms with E-state index in [0.29, 0.717) is 0 Å². The lowest BCUT2D eigenvalue weighted by atomic mass is 9.78. The lowest BCUT2D eigenvalue weighted by Crippen LogP contribution is -2.32. The van der Waals surface area contributed by atoms with Gasteiger partial charge < -0.3 is 10.2 Å². The second-order valence-electron chi connectivity index (χ2n) is 4.67. The zero-order chi connectivity index (χ0) is 12.0. The molecule has 1 aromatic carbocycles. The van der Waals surface area contributed by atoms with E-state index >= 15 is 0 Å². The summed E-state index contributed by atoms with van der Waals surface area (Å²) in [6, 6.07) is 8.16. The number of hydrogen-bond donors (Lipinski definition) is 2. The van der Waals surface area contributed by atoms with Gasteiger partial charge in [0.05, 0.1) is 13.2 Å². The van der Waals surface area contributed by atoms with E-state index in [0.717, 1.165) is 19.3 Å². The summed E-state index contributed by atoms with van der Waals surface area (Å²) in [5.74, 6) is 0. The van der Waals surface area contributed by atoms with Crippen LogP contribution in [0.5, 0.6) is 0 Å². The smallest absolute Gasteiger partial charge is 0.0512 e. The molecule has 0 heterocycles. The fourth-order valence-electron chi connectivity index (χ4n) is 2.15. The Kier molecular flexibility index (Phi) is 4.97.